The summed E-state index contributed by atoms with van der Waals surface area (Å²) in [5.41, 5.74) is 4.72. The van der Waals surface area contributed by atoms with E-state index in [1.165, 1.54) is 12.1 Å². The summed E-state index contributed by atoms with van der Waals surface area (Å²) in [7, 11) is 1.65. The summed E-state index contributed by atoms with van der Waals surface area (Å²) in [5, 5.41) is 7.94. The second kappa shape index (κ2) is 7.79. The predicted molar refractivity (Wildman–Crippen MR) is 111 cm³/mol. The van der Waals surface area contributed by atoms with E-state index < -0.39 is 0 Å². The smallest absolute Gasteiger partial charge is 0.152 e. The van der Waals surface area contributed by atoms with Crippen LogP contribution >= 0.6 is 0 Å². The van der Waals surface area contributed by atoms with Gasteiger partial charge in [-0.05, 0) is 43.7 Å². The Hall–Kier alpha value is -3.61. The van der Waals surface area contributed by atoms with Crippen LogP contribution in [-0.2, 0) is 6.54 Å². The molecule has 2 aromatic carbocycles. The summed E-state index contributed by atoms with van der Waals surface area (Å²) in [6, 6.07) is 14.3. The fourth-order valence-electron chi connectivity index (χ4n) is 3.16. The van der Waals surface area contributed by atoms with Gasteiger partial charge in [-0.2, -0.15) is 5.10 Å². The topological polar surface area (TPSA) is 56.9 Å². The number of benzene rings is 2. The van der Waals surface area contributed by atoms with Gasteiger partial charge in [-0.3, -0.25) is 4.68 Å². The van der Waals surface area contributed by atoms with Crippen LogP contribution in [0.2, 0.25) is 0 Å². The van der Waals surface area contributed by atoms with Gasteiger partial charge in [0.15, 0.2) is 5.82 Å². The Morgan fingerprint density at radius 1 is 1.07 bits per heavy atom. The molecule has 0 saturated heterocycles. The third-order valence-corrected chi connectivity index (χ3v) is 4.67. The average Bonchev–Trinajstić information content (AvgIpc) is 3.29. The summed E-state index contributed by atoms with van der Waals surface area (Å²) < 4.78 is 22.5. The van der Waals surface area contributed by atoms with E-state index >= 15 is 0 Å². The maximum Gasteiger partial charge on any atom is 0.152 e. The molecule has 0 atom stereocenters. The number of hydrogen-bond donors (Lipinski definition) is 1. The summed E-state index contributed by atoms with van der Waals surface area (Å²) in [5.74, 6) is 1.23. The molecule has 0 aliphatic heterocycles. The van der Waals surface area contributed by atoms with E-state index in [0.717, 1.165) is 39.9 Å². The molecule has 29 heavy (non-hydrogen) atoms. The van der Waals surface area contributed by atoms with E-state index in [1.54, 1.807) is 25.6 Å². The van der Waals surface area contributed by atoms with Gasteiger partial charge in [0.2, 0.25) is 0 Å². The van der Waals surface area contributed by atoms with Crippen LogP contribution in [-0.4, -0.2) is 26.4 Å². The molecule has 0 aliphatic carbocycles. The first kappa shape index (κ1) is 18.7. The van der Waals surface area contributed by atoms with Gasteiger partial charge >= 0.3 is 0 Å². The fourth-order valence-corrected chi connectivity index (χ4v) is 3.16. The number of ether oxygens (including phenoxy) is 1. The number of hydrogen-bond acceptors (Lipinski definition) is 4. The maximum absolute atomic E-state index is 13.1. The van der Waals surface area contributed by atoms with Crippen molar-refractivity contribution in [2.24, 2.45) is 0 Å². The summed E-state index contributed by atoms with van der Waals surface area (Å²) in [4.78, 5) is 4.27. The van der Waals surface area contributed by atoms with E-state index in [0.29, 0.717) is 6.54 Å². The molecule has 6 nitrogen and oxygen atoms in total. The molecule has 148 valence electrons. The highest BCUT2D eigenvalue weighted by molar-refractivity contribution is 5.63. The lowest BCUT2D eigenvalue weighted by atomic mass is 10.2. The van der Waals surface area contributed by atoms with Crippen molar-refractivity contribution in [2.45, 2.75) is 20.4 Å². The van der Waals surface area contributed by atoms with Crippen LogP contribution in [0.5, 0.6) is 5.75 Å². The van der Waals surface area contributed by atoms with Crippen LogP contribution in [0.3, 0.4) is 0 Å². The predicted octanol–water partition coefficient (Wildman–Crippen LogP) is 4.63. The second-order valence-electron chi connectivity index (χ2n) is 6.89. The van der Waals surface area contributed by atoms with Crippen LogP contribution in [0.25, 0.3) is 5.69 Å². The fraction of sp³-hybridized carbons (Fsp3) is 0.182. The highest BCUT2D eigenvalue weighted by Crippen LogP contribution is 2.28. The van der Waals surface area contributed by atoms with Crippen molar-refractivity contribution in [2.75, 3.05) is 12.4 Å². The van der Waals surface area contributed by atoms with E-state index in [2.05, 4.69) is 15.4 Å². The second-order valence-corrected chi connectivity index (χ2v) is 6.89. The number of halogens is 1. The molecule has 1 N–H and O–H groups in total. The first-order valence-electron chi connectivity index (χ1n) is 9.27. The zero-order valence-corrected chi connectivity index (χ0v) is 16.6. The summed E-state index contributed by atoms with van der Waals surface area (Å²) in [6.07, 6.45) is 3.71. The number of anilines is 2. The molecular weight excluding hydrogens is 369 g/mol. The maximum atomic E-state index is 13.1. The number of nitrogens with one attached hydrogen (secondary N) is 1. The van der Waals surface area contributed by atoms with Crippen molar-refractivity contribution >= 4 is 11.5 Å². The van der Waals surface area contributed by atoms with Crippen LogP contribution in [0.15, 0.2) is 61.1 Å². The zero-order valence-electron chi connectivity index (χ0n) is 16.6. The lowest BCUT2D eigenvalue weighted by molar-refractivity contribution is 0.413. The van der Waals surface area contributed by atoms with E-state index in [9.17, 15) is 4.39 Å². The van der Waals surface area contributed by atoms with Crippen molar-refractivity contribution in [3.63, 3.8) is 0 Å². The molecule has 0 saturated carbocycles. The first-order chi connectivity index (χ1) is 14.0. The minimum atomic E-state index is -0.239. The number of aryl methyl sites for hydroxylation is 2. The van der Waals surface area contributed by atoms with Crippen LogP contribution in [0.1, 0.15) is 17.0 Å². The molecule has 0 fully saturated rings. The number of imidazole rings is 1. The lowest BCUT2D eigenvalue weighted by Gasteiger charge is -2.11. The third kappa shape index (κ3) is 4.13. The Kier molecular flexibility index (Phi) is 5.03. The van der Waals surface area contributed by atoms with Gasteiger partial charge in [0.25, 0.3) is 0 Å². The molecule has 2 heterocycles. The molecule has 0 aliphatic rings. The Balaban J connectivity index is 1.54. The normalized spacial score (nSPS) is 10.9. The molecule has 2 aromatic heterocycles. The van der Waals surface area contributed by atoms with Crippen LogP contribution in [0.4, 0.5) is 15.9 Å². The van der Waals surface area contributed by atoms with Crippen molar-refractivity contribution in [3.8, 4) is 11.4 Å². The Labute approximate surface area is 168 Å². The SMILES string of the molecule is COc1cc(Nc2cc(C)n(Cc3ccc(F)cc3)n2)ccc1-n1cnc(C)c1. The minimum absolute atomic E-state index is 0.239. The van der Waals surface area contributed by atoms with Gasteiger partial charge < -0.3 is 14.6 Å². The molecule has 0 unspecified atom stereocenters. The third-order valence-electron chi connectivity index (χ3n) is 4.67. The Morgan fingerprint density at radius 2 is 1.86 bits per heavy atom. The highest BCUT2D eigenvalue weighted by atomic mass is 19.1. The Bertz CT molecular complexity index is 1130. The number of rotatable bonds is 6. The van der Waals surface area contributed by atoms with Crippen molar-refractivity contribution in [1.82, 2.24) is 19.3 Å². The molecule has 7 heteroatoms. The van der Waals surface area contributed by atoms with E-state index in [1.807, 2.05) is 53.6 Å². The van der Waals surface area contributed by atoms with Crippen molar-refractivity contribution in [1.29, 1.82) is 0 Å². The largest absolute Gasteiger partial charge is 0.494 e. The quantitative estimate of drug-likeness (QED) is 0.521. The minimum Gasteiger partial charge on any atom is -0.494 e. The first-order valence-corrected chi connectivity index (χ1v) is 9.27. The molecule has 0 bridgehead atoms. The number of methoxy groups -OCH3 is 1. The Morgan fingerprint density at radius 3 is 2.55 bits per heavy atom. The van der Waals surface area contributed by atoms with Gasteiger partial charge in [0, 0.05) is 29.7 Å². The molecule has 0 spiro atoms. The van der Waals surface area contributed by atoms with Crippen LogP contribution in [0, 0.1) is 19.7 Å². The van der Waals surface area contributed by atoms with Gasteiger partial charge in [0.05, 0.1) is 31.4 Å². The van der Waals surface area contributed by atoms with Crippen molar-refractivity contribution in [3.05, 3.63) is 83.8 Å². The van der Waals surface area contributed by atoms with Gasteiger partial charge in [-0.1, -0.05) is 12.1 Å². The van der Waals surface area contributed by atoms with Gasteiger partial charge in [-0.25, -0.2) is 9.37 Å². The monoisotopic (exact) mass is 391 g/mol. The number of aromatic nitrogens is 4. The lowest BCUT2D eigenvalue weighted by Crippen LogP contribution is -2.04. The summed E-state index contributed by atoms with van der Waals surface area (Å²) in [6.45, 7) is 4.52. The van der Waals surface area contributed by atoms with Gasteiger partial charge in [-0.15, -0.1) is 0 Å². The molecule has 0 radical (unpaired) electrons. The zero-order chi connectivity index (χ0) is 20.4. The molecule has 4 rings (SSSR count). The molecular formula is C22H22FN5O. The van der Waals surface area contributed by atoms with Crippen LogP contribution < -0.4 is 10.1 Å². The molecule has 4 aromatic rings. The van der Waals surface area contributed by atoms with E-state index in [4.69, 9.17) is 4.74 Å². The average molecular weight is 391 g/mol. The summed E-state index contributed by atoms with van der Waals surface area (Å²) >= 11 is 0. The number of nitrogens with zero attached hydrogens (tertiary/aromatic N) is 4. The van der Waals surface area contributed by atoms with Gasteiger partial charge in [0.1, 0.15) is 11.6 Å². The van der Waals surface area contributed by atoms with Crippen molar-refractivity contribution < 1.29 is 9.13 Å². The standard InChI is InChI=1S/C22H22FN5O/c1-15-12-27(14-24-15)20-9-8-19(11-21(20)29-3)25-22-10-16(2)28(26-22)13-17-4-6-18(23)7-5-17/h4-12,14H,13H2,1-3H3,(H,25,26). The van der Waals surface area contributed by atoms with E-state index in [-0.39, 0.29) is 5.82 Å². The molecule has 0 amide bonds. The highest BCUT2D eigenvalue weighted by Gasteiger charge is 2.10.